The minimum atomic E-state index is -0.463. The topological polar surface area (TPSA) is 21.3 Å². The molecule has 1 N–H and O–H groups in total. The van der Waals surface area contributed by atoms with E-state index in [9.17, 15) is 4.39 Å². The van der Waals surface area contributed by atoms with Gasteiger partial charge < -0.3 is 10.1 Å². The van der Waals surface area contributed by atoms with Crippen molar-refractivity contribution in [2.45, 2.75) is 32.0 Å². The third-order valence-electron chi connectivity index (χ3n) is 3.15. The van der Waals surface area contributed by atoms with Gasteiger partial charge in [-0.25, -0.2) is 4.39 Å². The van der Waals surface area contributed by atoms with Crippen molar-refractivity contribution >= 4 is 0 Å². The lowest BCUT2D eigenvalue weighted by Crippen LogP contribution is -2.23. The van der Waals surface area contributed by atoms with Crippen LogP contribution in [0.2, 0.25) is 0 Å². The highest BCUT2D eigenvalue weighted by Gasteiger charge is 2.17. The maximum Gasteiger partial charge on any atom is 0.127 e. The highest BCUT2D eigenvalue weighted by Crippen LogP contribution is 2.27. The Labute approximate surface area is 95.8 Å². The molecule has 0 spiro atoms. The van der Waals surface area contributed by atoms with Gasteiger partial charge in [-0.05, 0) is 31.4 Å². The van der Waals surface area contributed by atoms with Crippen molar-refractivity contribution < 1.29 is 9.13 Å². The van der Waals surface area contributed by atoms with E-state index in [1.165, 1.54) is 12.8 Å². The van der Waals surface area contributed by atoms with Crippen LogP contribution in [0.4, 0.5) is 4.39 Å². The molecular weight excluding hydrogens is 205 g/mol. The molecule has 1 aliphatic heterocycles. The van der Waals surface area contributed by atoms with E-state index >= 15 is 0 Å². The highest BCUT2D eigenvalue weighted by atomic mass is 19.1. The summed E-state index contributed by atoms with van der Waals surface area (Å²) in [4.78, 5) is 0. The zero-order chi connectivity index (χ0) is 11.4. The Bertz CT molecular complexity index is 348. The predicted octanol–water partition coefficient (Wildman–Crippen LogP) is 2.46. The van der Waals surface area contributed by atoms with Crippen LogP contribution in [0.25, 0.3) is 0 Å². The molecular formula is C13H18FNO. The second-order valence-electron chi connectivity index (χ2n) is 4.24. The molecule has 0 amide bonds. The summed E-state index contributed by atoms with van der Waals surface area (Å²) in [6.07, 6.45) is 3.36. The molecule has 0 aromatic heterocycles. The number of halogens is 1. The Morgan fingerprint density at radius 2 is 2.25 bits per heavy atom. The van der Waals surface area contributed by atoms with Gasteiger partial charge in [0, 0.05) is 11.6 Å². The third kappa shape index (κ3) is 2.35. The number of rotatable bonds is 4. The van der Waals surface area contributed by atoms with Crippen molar-refractivity contribution in [3.05, 3.63) is 29.3 Å². The molecule has 1 heterocycles. The second-order valence-corrected chi connectivity index (χ2v) is 4.24. The number of hydrogen-bond acceptors (Lipinski definition) is 2. The summed E-state index contributed by atoms with van der Waals surface area (Å²) >= 11 is 0. The van der Waals surface area contributed by atoms with Crippen LogP contribution in [0.3, 0.4) is 0 Å². The van der Waals surface area contributed by atoms with Gasteiger partial charge in [-0.15, -0.1) is 0 Å². The fourth-order valence-electron chi connectivity index (χ4n) is 2.36. The average Bonchev–Trinajstić information content (AvgIpc) is 2.81. The molecule has 0 aliphatic carbocycles. The summed E-state index contributed by atoms with van der Waals surface area (Å²) in [6, 6.07) is 6.23. The quantitative estimate of drug-likeness (QED) is 0.846. The molecule has 2 nitrogen and oxygen atoms in total. The van der Waals surface area contributed by atoms with Crippen molar-refractivity contribution in [2.75, 3.05) is 13.7 Å². The third-order valence-corrected chi connectivity index (χ3v) is 3.15. The molecule has 0 bridgehead atoms. The molecule has 1 aliphatic rings. The van der Waals surface area contributed by atoms with Crippen LogP contribution in [0, 0.1) is 0 Å². The first kappa shape index (κ1) is 11.4. The van der Waals surface area contributed by atoms with Crippen molar-refractivity contribution in [3.8, 4) is 5.75 Å². The molecule has 1 aromatic carbocycles. The van der Waals surface area contributed by atoms with E-state index in [1.54, 1.807) is 13.2 Å². The maximum atomic E-state index is 12.8. The Morgan fingerprint density at radius 3 is 2.88 bits per heavy atom. The van der Waals surface area contributed by atoms with Gasteiger partial charge in [0.05, 0.1) is 7.11 Å². The number of alkyl halides is 1. The van der Waals surface area contributed by atoms with Crippen LogP contribution in [0.5, 0.6) is 5.75 Å². The average molecular weight is 223 g/mol. The summed E-state index contributed by atoms with van der Waals surface area (Å²) in [7, 11) is 1.61. The van der Waals surface area contributed by atoms with Gasteiger partial charge in [-0.3, -0.25) is 0 Å². The van der Waals surface area contributed by atoms with E-state index in [0.29, 0.717) is 11.6 Å². The van der Waals surface area contributed by atoms with Crippen LogP contribution >= 0.6 is 0 Å². The Morgan fingerprint density at radius 1 is 1.44 bits per heavy atom. The van der Waals surface area contributed by atoms with Crippen LogP contribution < -0.4 is 10.1 Å². The summed E-state index contributed by atoms with van der Waals surface area (Å²) in [5.41, 5.74) is 1.76. The number of para-hydroxylation sites is 1. The van der Waals surface area contributed by atoms with E-state index in [0.717, 1.165) is 24.3 Å². The maximum absolute atomic E-state index is 12.8. The summed E-state index contributed by atoms with van der Waals surface area (Å²) in [5.74, 6) is 0.721. The van der Waals surface area contributed by atoms with E-state index in [1.807, 2.05) is 12.1 Å². The molecule has 1 aromatic rings. The predicted molar refractivity (Wildman–Crippen MR) is 62.5 cm³/mol. The first-order chi connectivity index (χ1) is 7.85. The van der Waals surface area contributed by atoms with Gasteiger partial charge >= 0.3 is 0 Å². The Hall–Kier alpha value is -1.09. The molecule has 1 fully saturated rings. The number of nitrogens with one attached hydrogen (secondary N) is 1. The smallest absolute Gasteiger partial charge is 0.127 e. The number of benzene rings is 1. The monoisotopic (exact) mass is 223 g/mol. The summed E-state index contributed by atoms with van der Waals surface area (Å²) in [6.45, 7) is 0.630. The van der Waals surface area contributed by atoms with E-state index in [4.69, 9.17) is 4.74 Å². The second kappa shape index (κ2) is 5.30. The number of hydrogen-bond donors (Lipinski definition) is 1. The molecule has 3 heteroatoms. The molecule has 88 valence electrons. The molecule has 16 heavy (non-hydrogen) atoms. The molecule has 2 rings (SSSR count). The zero-order valence-corrected chi connectivity index (χ0v) is 9.63. The SMILES string of the molecule is COc1c(CF)cccc1CC1CCCN1. The van der Waals surface area contributed by atoms with Crippen molar-refractivity contribution in [1.29, 1.82) is 0 Å². The van der Waals surface area contributed by atoms with Gasteiger partial charge in [0.25, 0.3) is 0 Å². The fourth-order valence-corrected chi connectivity index (χ4v) is 2.36. The van der Waals surface area contributed by atoms with E-state index in [2.05, 4.69) is 5.32 Å². The fraction of sp³-hybridized carbons (Fsp3) is 0.538. The number of methoxy groups -OCH3 is 1. The molecule has 1 atom stereocenters. The highest BCUT2D eigenvalue weighted by molar-refractivity contribution is 5.41. The normalized spacial score (nSPS) is 20.0. The zero-order valence-electron chi connectivity index (χ0n) is 9.63. The van der Waals surface area contributed by atoms with E-state index in [-0.39, 0.29) is 0 Å². The van der Waals surface area contributed by atoms with Crippen molar-refractivity contribution in [2.24, 2.45) is 0 Å². The minimum absolute atomic E-state index is 0.463. The van der Waals surface area contributed by atoms with Gasteiger partial charge in [0.1, 0.15) is 12.4 Å². The summed E-state index contributed by atoms with van der Waals surface area (Å²) in [5, 5.41) is 3.44. The summed E-state index contributed by atoms with van der Waals surface area (Å²) < 4.78 is 18.1. The number of ether oxygens (including phenoxy) is 1. The van der Waals surface area contributed by atoms with Gasteiger partial charge in [0.15, 0.2) is 0 Å². The lowest BCUT2D eigenvalue weighted by molar-refractivity contribution is 0.387. The molecule has 0 radical (unpaired) electrons. The van der Waals surface area contributed by atoms with Gasteiger partial charge in [0.2, 0.25) is 0 Å². The van der Waals surface area contributed by atoms with Gasteiger partial charge in [-0.2, -0.15) is 0 Å². The first-order valence-electron chi connectivity index (χ1n) is 5.79. The molecule has 0 saturated carbocycles. The lowest BCUT2D eigenvalue weighted by atomic mass is 10.0. The van der Waals surface area contributed by atoms with Crippen LogP contribution in [-0.4, -0.2) is 19.7 Å². The van der Waals surface area contributed by atoms with Crippen LogP contribution in [-0.2, 0) is 13.1 Å². The van der Waals surface area contributed by atoms with Crippen molar-refractivity contribution in [1.82, 2.24) is 5.32 Å². The molecule has 1 unspecified atom stereocenters. The Balaban J connectivity index is 2.18. The van der Waals surface area contributed by atoms with Crippen molar-refractivity contribution in [3.63, 3.8) is 0 Å². The molecule has 1 saturated heterocycles. The first-order valence-corrected chi connectivity index (χ1v) is 5.79. The van der Waals surface area contributed by atoms with Crippen LogP contribution in [0.15, 0.2) is 18.2 Å². The van der Waals surface area contributed by atoms with Gasteiger partial charge in [-0.1, -0.05) is 18.2 Å². The minimum Gasteiger partial charge on any atom is -0.496 e. The standard InChI is InChI=1S/C13H18FNO/c1-16-13-10(4-2-5-11(13)9-14)8-12-6-3-7-15-12/h2,4-5,12,15H,3,6-9H2,1H3. The Kier molecular flexibility index (Phi) is 3.78. The van der Waals surface area contributed by atoms with Crippen LogP contribution in [0.1, 0.15) is 24.0 Å². The lowest BCUT2D eigenvalue weighted by Gasteiger charge is -2.15. The largest absolute Gasteiger partial charge is 0.496 e. The van der Waals surface area contributed by atoms with E-state index < -0.39 is 6.67 Å².